The Hall–Kier alpha value is -2.09. The maximum atomic E-state index is 10.9. The molecule has 1 aliphatic rings. The van der Waals surface area contributed by atoms with Crippen molar-refractivity contribution >= 4 is 11.4 Å². The third-order valence-corrected chi connectivity index (χ3v) is 3.58. The van der Waals surface area contributed by atoms with Crippen molar-refractivity contribution in [1.29, 1.82) is 5.26 Å². The van der Waals surface area contributed by atoms with Gasteiger partial charge in [-0.05, 0) is 29.9 Å². The molecule has 0 spiro atoms. The molecule has 0 bridgehead atoms. The van der Waals surface area contributed by atoms with Crippen LogP contribution < -0.4 is 5.32 Å². The maximum Gasteiger partial charge on any atom is 0.292 e. The maximum absolute atomic E-state index is 10.9. The van der Waals surface area contributed by atoms with Crippen LogP contribution in [0, 0.1) is 32.8 Å². The van der Waals surface area contributed by atoms with Crippen LogP contribution >= 0.6 is 0 Å². The molecule has 0 saturated heterocycles. The van der Waals surface area contributed by atoms with Crippen LogP contribution in [0.25, 0.3) is 0 Å². The Morgan fingerprint density at radius 2 is 2.28 bits per heavy atom. The van der Waals surface area contributed by atoms with Crippen molar-refractivity contribution in [2.24, 2.45) is 11.3 Å². The highest BCUT2D eigenvalue weighted by atomic mass is 16.6. The van der Waals surface area contributed by atoms with Crippen molar-refractivity contribution in [3.05, 3.63) is 33.9 Å². The van der Waals surface area contributed by atoms with Gasteiger partial charge in [-0.15, -0.1) is 0 Å². The summed E-state index contributed by atoms with van der Waals surface area (Å²) in [5.41, 5.74) is 1.21. The molecule has 0 aromatic heterocycles. The van der Waals surface area contributed by atoms with E-state index in [-0.39, 0.29) is 5.69 Å². The molecule has 1 unspecified atom stereocenters. The van der Waals surface area contributed by atoms with Crippen molar-refractivity contribution in [3.8, 4) is 6.07 Å². The third kappa shape index (κ3) is 2.43. The number of benzene rings is 1. The minimum Gasteiger partial charge on any atom is -0.379 e. The molecule has 0 radical (unpaired) electrons. The normalized spacial score (nSPS) is 19.9. The first-order valence-corrected chi connectivity index (χ1v) is 5.86. The van der Waals surface area contributed by atoms with Gasteiger partial charge in [0.25, 0.3) is 5.69 Å². The van der Waals surface area contributed by atoms with Gasteiger partial charge in [0.2, 0.25) is 0 Å². The Morgan fingerprint density at radius 1 is 1.61 bits per heavy atom. The minimum absolute atomic E-state index is 0.0208. The lowest BCUT2D eigenvalue weighted by atomic mass is 10.1. The average molecular weight is 245 g/mol. The molecule has 18 heavy (non-hydrogen) atoms. The summed E-state index contributed by atoms with van der Waals surface area (Å²) in [5.74, 6) is 0.544. The number of hydrogen-bond donors (Lipinski definition) is 1. The highest BCUT2D eigenvalue weighted by molar-refractivity contribution is 5.64. The Labute approximate surface area is 106 Å². The predicted octanol–water partition coefficient (Wildman–Crippen LogP) is 2.92. The lowest BCUT2D eigenvalue weighted by molar-refractivity contribution is -0.384. The topological polar surface area (TPSA) is 79.0 Å². The quantitative estimate of drug-likeness (QED) is 0.653. The van der Waals surface area contributed by atoms with Crippen LogP contribution in [-0.4, -0.2) is 11.5 Å². The van der Waals surface area contributed by atoms with E-state index in [4.69, 9.17) is 5.26 Å². The molecule has 1 atom stereocenters. The molecule has 1 fully saturated rings. The molecule has 1 N–H and O–H groups in total. The van der Waals surface area contributed by atoms with Crippen LogP contribution in [-0.2, 0) is 0 Å². The molecule has 1 saturated carbocycles. The fourth-order valence-corrected chi connectivity index (χ4v) is 2.06. The summed E-state index contributed by atoms with van der Waals surface area (Å²) in [5, 5.41) is 22.8. The van der Waals surface area contributed by atoms with Gasteiger partial charge in [-0.3, -0.25) is 10.1 Å². The Kier molecular flexibility index (Phi) is 2.95. The lowest BCUT2D eigenvalue weighted by Gasteiger charge is -2.08. The Balaban J connectivity index is 2.15. The largest absolute Gasteiger partial charge is 0.379 e. The summed E-state index contributed by atoms with van der Waals surface area (Å²) in [6.45, 7) is 5.07. The fraction of sp³-hybridized carbons (Fsp3) is 0.462. The summed E-state index contributed by atoms with van der Waals surface area (Å²) < 4.78 is 0. The van der Waals surface area contributed by atoms with Crippen LogP contribution in [0.2, 0.25) is 0 Å². The first kappa shape index (κ1) is 12.4. The molecule has 1 aromatic rings. The average Bonchev–Trinajstić information content (AvgIpc) is 2.93. The highest BCUT2D eigenvalue weighted by Crippen LogP contribution is 2.51. The van der Waals surface area contributed by atoms with Gasteiger partial charge in [-0.1, -0.05) is 13.8 Å². The number of nitrogens with zero attached hydrogens (tertiary/aromatic N) is 2. The molecule has 5 heteroatoms. The van der Waals surface area contributed by atoms with E-state index in [2.05, 4.69) is 19.2 Å². The van der Waals surface area contributed by atoms with E-state index in [0.717, 1.165) is 6.42 Å². The number of nitro benzene ring substituents is 1. The zero-order valence-electron chi connectivity index (χ0n) is 10.4. The molecule has 0 aliphatic heterocycles. The zero-order valence-corrected chi connectivity index (χ0v) is 10.4. The molecule has 2 rings (SSSR count). The first-order chi connectivity index (χ1) is 8.44. The van der Waals surface area contributed by atoms with Gasteiger partial charge in [0.1, 0.15) is 5.69 Å². The molecule has 1 aliphatic carbocycles. The molecule has 1 aromatic carbocycles. The van der Waals surface area contributed by atoms with E-state index in [0.29, 0.717) is 29.1 Å². The van der Waals surface area contributed by atoms with E-state index in [1.807, 2.05) is 6.07 Å². The molecule has 0 amide bonds. The molecule has 5 nitrogen and oxygen atoms in total. The zero-order chi connectivity index (χ0) is 13.3. The third-order valence-electron chi connectivity index (χ3n) is 3.58. The van der Waals surface area contributed by atoms with E-state index in [1.165, 1.54) is 18.2 Å². The predicted molar refractivity (Wildman–Crippen MR) is 68.2 cm³/mol. The number of nitro groups is 1. The van der Waals surface area contributed by atoms with Crippen molar-refractivity contribution in [2.45, 2.75) is 20.3 Å². The second-order valence-electron chi connectivity index (χ2n) is 5.37. The van der Waals surface area contributed by atoms with Gasteiger partial charge in [-0.25, -0.2) is 0 Å². The van der Waals surface area contributed by atoms with E-state index in [1.54, 1.807) is 0 Å². The molecular weight excluding hydrogens is 230 g/mol. The summed E-state index contributed by atoms with van der Waals surface area (Å²) in [4.78, 5) is 10.5. The SMILES string of the molecule is CC1(C)CC1CNc1cc(C#N)ccc1[N+](=O)[O-]. The number of nitrogens with one attached hydrogen (secondary N) is 1. The van der Waals surface area contributed by atoms with Crippen LogP contribution in [0.4, 0.5) is 11.4 Å². The van der Waals surface area contributed by atoms with E-state index < -0.39 is 4.92 Å². The van der Waals surface area contributed by atoms with Crippen molar-refractivity contribution in [1.82, 2.24) is 0 Å². The minimum atomic E-state index is -0.429. The van der Waals surface area contributed by atoms with Crippen LogP contribution in [0.3, 0.4) is 0 Å². The van der Waals surface area contributed by atoms with Crippen LogP contribution in [0.1, 0.15) is 25.8 Å². The molecule has 0 heterocycles. The van der Waals surface area contributed by atoms with Gasteiger partial charge in [0.05, 0.1) is 16.6 Å². The van der Waals surface area contributed by atoms with Crippen molar-refractivity contribution in [2.75, 3.05) is 11.9 Å². The molecular formula is C13H15N3O2. The van der Waals surface area contributed by atoms with E-state index >= 15 is 0 Å². The monoisotopic (exact) mass is 245 g/mol. The van der Waals surface area contributed by atoms with Crippen molar-refractivity contribution < 1.29 is 4.92 Å². The van der Waals surface area contributed by atoms with Crippen LogP contribution in [0.15, 0.2) is 18.2 Å². The van der Waals surface area contributed by atoms with Gasteiger partial charge in [0.15, 0.2) is 0 Å². The summed E-state index contributed by atoms with van der Waals surface area (Å²) in [6, 6.07) is 6.36. The van der Waals surface area contributed by atoms with Crippen molar-refractivity contribution in [3.63, 3.8) is 0 Å². The highest BCUT2D eigenvalue weighted by Gasteiger charge is 2.45. The summed E-state index contributed by atoms with van der Waals surface area (Å²) in [7, 11) is 0. The van der Waals surface area contributed by atoms with Gasteiger partial charge < -0.3 is 5.32 Å². The van der Waals surface area contributed by atoms with Gasteiger partial charge in [0, 0.05) is 12.6 Å². The van der Waals surface area contributed by atoms with Gasteiger partial charge in [-0.2, -0.15) is 5.26 Å². The smallest absolute Gasteiger partial charge is 0.292 e. The summed E-state index contributed by atoms with van der Waals surface area (Å²) >= 11 is 0. The standard InChI is InChI=1S/C13H15N3O2/c1-13(2)6-10(13)8-15-11-5-9(7-14)3-4-12(11)16(17)18/h3-5,10,15H,6,8H2,1-2H3. The number of anilines is 1. The summed E-state index contributed by atoms with van der Waals surface area (Å²) in [6.07, 6.45) is 1.13. The number of rotatable bonds is 4. The number of hydrogen-bond acceptors (Lipinski definition) is 4. The lowest BCUT2D eigenvalue weighted by Crippen LogP contribution is -2.09. The Morgan fingerprint density at radius 3 is 2.78 bits per heavy atom. The first-order valence-electron chi connectivity index (χ1n) is 5.86. The van der Waals surface area contributed by atoms with E-state index in [9.17, 15) is 10.1 Å². The fourth-order valence-electron chi connectivity index (χ4n) is 2.06. The van der Waals surface area contributed by atoms with Crippen LogP contribution in [0.5, 0.6) is 0 Å². The Bertz CT molecular complexity index is 532. The second-order valence-corrected chi connectivity index (χ2v) is 5.37. The molecule has 94 valence electrons. The number of nitriles is 1. The van der Waals surface area contributed by atoms with Gasteiger partial charge >= 0.3 is 0 Å². The second kappa shape index (κ2) is 4.30.